The predicted octanol–water partition coefficient (Wildman–Crippen LogP) is 7.60. The van der Waals surface area contributed by atoms with Gasteiger partial charge in [0.05, 0.1) is 0 Å². The third-order valence-electron chi connectivity index (χ3n) is 3.84. The van der Waals surface area contributed by atoms with Gasteiger partial charge >= 0.3 is 0 Å². The quantitative estimate of drug-likeness (QED) is 0.227. The number of allylic oxidation sites excluding steroid dienone is 4. The maximum Gasteiger partial charge on any atom is -0.0282 e. The minimum atomic E-state index is 1.17. The monoisotopic (exact) mass is 278 g/mol. The van der Waals surface area contributed by atoms with Crippen molar-refractivity contribution in [1.82, 2.24) is 0 Å². The lowest BCUT2D eigenvalue weighted by molar-refractivity contribution is 0.611. The first kappa shape index (κ1) is 19.5. The van der Waals surface area contributed by atoms with Gasteiger partial charge in [-0.15, -0.1) is 0 Å². The molecule has 0 heteroatoms. The molecule has 0 radical (unpaired) electrons. The minimum absolute atomic E-state index is 1.17. The van der Waals surface area contributed by atoms with Crippen LogP contribution in [0.1, 0.15) is 104 Å². The maximum absolute atomic E-state index is 2.41. The average Bonchev–Trinajstić information content (AvgIpc) is 2.46. The summed E-state index contributed by atoms with van der Waals surface area (Å²) in [6.07, 6.45) is 24.8. The lowest BCUT2D eigenvalue weighted by atomic mass is 10.0. The standard InChI is InChI=1S/C20H38/c1-4-7-9-11-12-13-14-16-19-20(17-6-3)18-15-10-8-5-2/h16-17,19H,4-15,18H2,1-3H3. The lowest BCUT2D eigenvalue weighted by Crippen LogP contribution is -1.82. The van der Waals surface area contributed by atoms with E-state index in [-0.39, 0.29) is 0 Å². The Morgan fingerprint density at radius 3 is 1.95 bits per heavy atom. The van der Waals surface area contributed by atoms with Crippen molar-refractivity contribution in [2.45, 2.75) is 104 Å². The molecular formula is C20H38. The SMILES string of the molecule is CCC=C(C=CCCCCCCCC)CCCCCC. The van der Waals surface area contributed by atoms with Crippen LogP contribution in [-0.4, -0.2) is 0 Å². The molecule has 0 unspecified atom stereocenters. The van der Waals surface area contributed by atoms with Crippen LogP contribution >= 0.6 is 0 Å². The molecule has 20 heavy (non-hydrogen) atoms. The van der Waals surface area contributed by atoms with E-state index in [1.807, 2.05) is 0 Å². The van der Waals surface area contributed by atoms with Gasteiger partial charge in [0.15, 0.2) is 0 Å². The molecule has 0 aliphatic carbocycles. The van der Waals surface area contributed by atoms with Gasteiger partial charge in [0.1, 0.15) is 0 Å². The summed E-state index contributed by atoms with van der Waals surface area (Å²) in [5.74, 6) is 0. The Hall–Kier alpha value is -0.520. The van der Waals surface area contributed by atoms with Gasteiger partial charge in [0.25, 0.3) is 0 Å². The predicted molar refractivity (Wildman–Crippen MR) is 94.3 cm³/mol. The topological polar surface area (TPSA) is 0 Å². The van der Waals surface area contributed by atoms with Crippen molar-refractivity contribution < 1.29 is 0 Å². The Kier molecular flexibility index (Phi) is 16.1. The first-order chi connectivity index (χ1) is 9.85. The fourth-order valence-corrected chi connectivity index (χ4v) is 2.55. The second-order valence-electron chi connectivity index (χ2n) is 5.96. The molecule has 0 fully saturated rings. The second kappa shape index (κ2) is 16.5. The van der Waals surface area contributed by atoms with Gasteiger partial charge < -0.3 is 0 Å². The molecule has 0 atom stereocenters. The highest BCUT2D eigenvalue weighted by atomic mass is 14.0. The van der Waals surface area contributed by atoms with Gasteiger partial charge in [-0.1, -0.05) is 95.9 Å². The molecule has 0 saturated carbocycles. The molecule has 0 aliphatic heterocycles. The van der Waals surface area contributed by atoms with Crippen LogP contribution in [0.5, 0.6) is 0 Å². The van der Waals surface area contributed by atoms with Crippen molar-refractivity contribution in [2.24, 2.45) is 0 Å². The molecule has 0 aromatic rings. The number of hydrogen-bond donors (Lipinski definition) is 0. The Bertz CT molecular complexity index is 234. The molecule has 0 amide bonds. The van der Waals surface area contributed by atoms with Crippen LogP contribution in [0.25, 0.3) is 0 Å². The van der Waals surface area contributed by atoms with Crippen LogP contribution in [0.15, 0.2) is 23.8 Å². The van der Waals surface area contributed by atoms with E-state index in [1.54, 1.807) is 5.57 Å². The van der Waals surface area contributed by atoms with Gasteiger partial charge in [-0.05, 0) is 32.1 Å². The van der Waals surface area contributed by atoms with Gasteiger partial charge in [0, 0.05) is 0 Å². The van der Waals surface area contributed by atoms with Crippen LogP contribution in [-0.2, 0) is 0 Å². The molecule has 0 aliphatic rings. The van der Waals surface area contributed by atoms with Crippen molar-refractivity contribution >= 4 is 0 Å². The Morgan fingerprint density at radius 2 is 1.30 bits per heavy atom. The van der Waals surface area contributed by atoms with E-state index in [1.165, 1.54) is 83.5 Å². The molecule has 0 saturated heterocycles. The first-order valence-electron chi connectivity index (χ1n) is 9.20. The van der Waals surface area contributed by atoms with E-state index >= 15 is 0 Å². The molecule has 0 aromatic carbocycles. The highest BCUT2D eigenvalue weighted by Gasteiger charge is 1.94. The number of rotatable bonds is 14. The molecule has 0 heterocycles. The zero-order chi connectivity index (χ0) is 14.9. The van der Waals surface area contributed by atoms with Crippen LogP contribution in [0.4, 0.5) is 0 Å². The lowest BCUT2D eigenvalue weighted by Gasteiger charge is -2.02. The zero-order valence-corrected chi connectivity index (χ0v) is 14.4. The van der Waals surface area contributed by atoms with Gasteiger partial charge in [-0.25, -0.2) is 0 Å². The molecule has 0 nitrogen and oxygen atoms in total. The van der Waals surface area contributed by atoms with Crippen LogP contribution < -0.4 is 0 Å². The first-order valence-corrected chi connectivity index (χ1v) is 9.20. The highest BCUT2D eigenvalue weighted by Crippen LogP contribution is 2.13. The van der Waals surface area contributed by atoms with Crippen molar-refractivity contribution in [3.8, 4) is 0 Å². The summed E-state index contributed by atoms with van der Waals surface area (Å²) < 4.78 is 0. The van der Waals surface area contributed by atoms with Crippen molar-refractivity contribution in [2.75, 3.05) is 0 Å². The summed E-state index contributed by atoms with van der Waals surface area (Å²) in [5, 5.41) is 0. The average molecular weight is 279 g/mol. The van der Waals surface area contributed by atoms with Crippen molar-refractivity contribution in [3.63, 3.8) is 0 Å². The van der Waals surface area contributed by atoms with Gasteiger partial charge in [-0.2, -0.15) is 0 Å². The highest BCUT2D eigenvalue weighted by molar-refractivity contribution is 5.18. The van der Waals surface area contributed by atoms with Gasteiger partial charge in [-0.3, -0.25) is 0 Å². The van der Waals surface area contributed by atoms with Crippen molar-refractivity contribution in [3.05, 3.63) is 23.8 Å². The second-order valence-corrected chi connectivity index (χ2v) is 5.96. The van der Waals surface area contributed by atoms with Gasteiger partial charge in [0.2, 0.25) is 0 Å². The Balaban J connectivity index is 3.66. The summed E-state index contributed by atoms with van der Waals surface area (Å²) in [6.45, 7) is 6.81. The minimum Gasteiger partial charge on any atom is -0.0843 e. The molecular weight excluding hydrogens is 240 g/mol. The number of hydrogen-bond acceptors (Lipinski definition) is 0. The molecule has 118 valence electrons. The molecule has 0 N–H and O–H groups in total. The Labute approximate surface area is 128 Å². The van der Waals surface area contributed by atoms with Crippen LogP contribution in [0, 0.1) is 0 Å². The molecule has 0 aromatic heterocycles. The third kappa shape index (κ3) is 13.9. The largest absolute Gasteiger partial charge is 0.0843 e. The van der Waals surface area contributed by atoms with E-state index in [4.69, 9.17) is 0 Å². The summed E-state index contributed by atoms with van der Waals surface area (Å²) >= 11 is 0. The summed E-state index contributed by atoms with van der Waals surface area (Å²) in [7, 11) is 0. The van der Waals surface area contributed by atoms with E-state index in [2.05, 4.69) is 39.0 Å². The third-order valence-corrected chi connectivity index (χ3v) is 3.84. The number of unbranched alkanes of at least 4 members (excludes halogenated alkanes) is 9. The fourth-order valence-electron chi connectivity index (χ4n) is 2.55. The zero-order valence-electron chi connectivity index (χ0n) is 14.4. The van der Waals surface area contributed by atoms with E-state index < -0.39 is 0 Å². The van der Waals surface area contributed by atoms with Crippen molar-refractivity contribution in [1.29, 1.82) is 0 Å². The van der Waals surface area contributed by atoms with E-state index in [9.17, 15) is 0 Å². The van der Waals surface area contributed by atoms with Crippen LogP contribution in [0.2, 0.25) is 0 Å². The summed E-state index contributed by atoms with van der Waals surface area (Å²) in [5.41, 5.74) is 1.56. The molecule has 0 bridgehead atoms. The Morgan fingerprint density at radius 1 is 0.700 bits per heavy atom. The van der Waals surface area contributed by atoms with Crippen LogP contribution in [0.3, 0.4) is 0 Å². The molecule has 0 rings (SSSR count). The summed E-state index contributed by atoms with van der Waals surface area (Å²) in [4.78, 5) is 0. The summed E-state index contributed by atoms with van der Waals surface area (Å²) in [6, 6.07) is 0. The van der Waals surface area contributed by atoms with E-state index in [0.717, 1.165) is 0 Å². The molecule has 0 spiro atoms. The normalized spacial score (nSPS) is 12.4. The fraction of sp³-hybridized carbons (Fsp3) is 0.800. The van der Waals surface area contributed by atoms with E-state index in [0.29, 0.717) is 0 Å². The maximum atomic E-state index is 2.41. The smallest absolute Gasteiger partial charge is 0.0282 e.